The van der Waals surface area contributed by atoms with Gasteiger partial charge in [0.1, 0.15) is 0 Å². The zero-order valence-electron chi connectivity index (χ0n) is 15.2. The largest absolute Gasteiger partial charge is 0.338 e. The van der Waals surface area contributed by atoms with Crippen LogP contribution in [0.1, 0.15) is 16.7 Å². The van der Waals surface area contributed by atoms with Crippen LogP contribution in [0.5, 0.6) is 0 Å². The van der Waals surface area contributed by atoms with Gasteiger partial charge in [-0.1, -0.05) is 53.6 Å². The first-order valence-electron chi connectivity index (χ1n) is 9.15. The lowest BCUT2D eigenvalue weighted by atomic mass is 10.1. The van der Waals surface area contributed by atoms with Crippen LogP contribution in [0.15, 0.2) is 48.5 Å². The molecule has 2 aromatic carbocycles. The van der Waals surface area contributed by atoms with Crippen LogP contribution in [0.25, 0.3) is 0 Å². The Morgan fingerprint density at radius 3 is 2.50 bits per heavy atom. The minimum atomic E-state index is 0.0298. The maximum atomic E-state index is 12.3. The lowest BCUT2D eigenvalue weighted by molar-refractivity contribution is 0.135. The van der Waals surface area contributed by atoms with Crippen molar-refractivity contribution in [2.45, 2.75) is 19.9 Å². The Labute approximate surface area is 160 Å². The Morgan fingerprint density at radius 2 is 1.77 bits per heavy atom. The standard InChI is InChI=1S/C21H26ClN3O/c1-17-4-2-6-19(14-17)16-24-10-12-25(13-11-24)21(26)23-9-8-18-5-3-7-20(22)15-18/h2-7,14-15H,8-13,16H2,1H3,(H,23,26). The number of hydrogen-bond donors (Lipinski definition) is 1. The first-order chi connectivity index (χ1) is 12.6. The molecule has 5 heteroatoms. The molecule has 4 nitrogen and oxygen atoms in total. The van der Waals surface area contributed by atoms with E-state index in [0.717, 1.165) is 49.7 Å². The summed E-state index contributed by atoms with van der Waals surface area (Å²) in [5.41, 5.74) is 3.77. The summed E-state index contributed by atoms with van der Waals surface area (Å²) < 4.78 is 0. The van der Waals surface area contributed by atoms with E-state index >= 15 is 0 Å². The molecule has 0 aliphatic carbocycles. The zero-order valence-corrected chi connectivity index (χ0v) is 16.0. The highest BCUT2D eigenvalue weighted by Gasteiger charge is 2.20. The van der Waals surface area contributed by atoms with E-state index in [9.17, 15) is 4.79 Å². The Kier molecular flexibility index (Phi) is 6.53. The number of halogens is 1. The van der Waals surface area contributed by atoms with Crippen LogP contribution in [0, 0.1) is 6.92 Å². The molecule has 0 bridgehead atoms. The second-order valence-corrected chi connectivity index (χ2v) is 7.30. The second-order valence-electron chi connectivity index (χ2n) is 6.86. The van der Waals surface area contributed by atoms with Gasteiger partial charge >= 0.3 is 6.03 Å². The number of nitrogens with zero attached hydrogens (tertiary/aromatic N) is 2. The highest BCUT2D eigenvalue weighted by molar-refractivity contribution is 6.30. The third-order valence-corrected chi connectivity index (χ3v) is 4.96. The molecule has 0 aromatic heterocycles. The molecule has 0 radical (unpaired) electrons. The average Bonchev–Trinajstić information content (AvgIpc) is 2.62. The maximum absolute atomic E-state index is 12.3. The number of piperazine rings is 1. The van der Waals surface area contributed by atoms with Crippen LogP contribution >= 0.6 is 11.6 Å². The number of amides is 2. The fraction of sp³-hybridized carbons (Fsp3) is 0.381. The number of hydrogen-bond acceptors (Lipinski definition) is 2. The Hall–Kier alpha value is -2.04. The summed E-state index contributed by atoms with van der Waals surface area (Å²) in [6.45, 7) is 7.07. The third-order valence-electron chi connectivity index (χ3n) is 4.73. The zero-order chi connectivity index (χ0) is 18.4. The van der Waals surface area contributed by atoms with E-state index in [1.165, 1.54) is 11.1 Å². The van der Waals surface area contributed by atoms with Crippen LogP contribution in [0.2, 0.25) is 5.02 Å². The molecule has 0 saturated carbocycles. The molecule has 2 aromatic rings. The van der Waals surface area contributed by atoms with Crippen LogP contribution in [-0.4, -0.2) is 48.6 Å². The van der Waals surface area contributed by atoms with Gasteiger partial charge in [-0.2, -0.15) is 0 Å². The van der Waals surface area contributed by atoms with Crippen molar-refractivity contribution in [1.29, 1.82) is 0 Å². The van der Waals surface area contributed by atoms with Crippen LogP contribution < -0.4 is 5.32 Å². The van der Waals surface area contributed by atoms with Gasteiger partial charge in [-0.05, 0) is 36.6 Å². The van der Waals surface area contributed by atoms with Crippen molar-refractivity contribution in [3.8, 4) is 0 Å². The summed E-state index contributed by atoms with van der Waals surface area (Å²) >= 11 is 5.99. The van der Waals surface area contributed by atoms with Crippen molar-refractivity contribution in [3.05, 3.63) is 70.2 Å². The Bertz CT molecular complexity index is 742. The molecule has 1 aliphatic heterocycles. The summed E-state index contributed by atoms with van der Waals surface area (Å²) in [6.07, 6.45) is 0.791. The van der Waals surface area contributed by atoms with Crippen LogP contribution in [0.4, 0.5) is 4.79 Å². The summed E-state index contributed by atoms with van der Waals surface area (Å²) in [5, 5.41) is 3.75. The normalized spacial score (nSPS) is 15.1. The molecule has 138 valence electrons. The maximum Gasteiger partial charge on any atom is 0.317 e. The summed E-state index contributed by atoms with van der Waals surface area (Å²) in [4.78, 5) is 16.6. The van der Waals surface area contributed by atoms with Gasteiger partial charge in [0, 0.05) is 44.3 Å². The first kappa shape index (κ1) is 18.7. The molecule has 0 unspecified atom stereocenters. The monoisotopic (exact) mass is 371 g/mol. The molecule has 1 aliphatic rings. The van der Waals surface area contributed by atoms with Crippen molar-refractivity contribution in [3.63, 3.8) is 0 Å². The number of rotatable bonds is 5. The molecule has 1 fully saturated rings. The Balaban J connectivity index is 1.39. The molecule has 1 heterocycles. The molecule has 2 amide bonds. The van der Waals surface area contributed by atoms with Crippen molar-refractivity contribution in [2.75, 3.05) is 32.7 Å². The topological polar surface area (TPSA) is 35.6 Å². The minimum absolute atomic E-state index is 0.0298. The van der Waals surface area contributed by atoms with Gasteiger partial charge in [-0.3, -0.25) is 4.90 Å². The summed E-state index contributed by atoms with van der Waals surface area (Å²) in [5.74, 6) is 0. The summed E-state index contributed by atoms with van der Waals surface area (Å²) in [7, 11) is 0. The van der Waals surface area contributed by atoms with E-state index in [2.05, 4.69) is 41.4 Å². The van der Waals surface area contributed by atoms with Gasteiger partial charge in [0.2, 0.25) is 0 Å². The van der Waals surface area contributed by atoms with Crippen molar-refractivity contribution in [1.82, 2.24) is 15.1 Å². The smallest absolute Gasteiger partial charge is 0.317 e. The minimum Gasteiger partial charge on any atom is -0.338 e. The molecule has 1 N–H and O–H groups in total. The Morgan fingerprint density at radius 1 is 1.04 bits per heavy atom. The predicted molar refractivity (Wildman–Crippen MR) is 107 cm³/mol. The van der Waals surface area contributed by atoms with Gasteiger partial charge < -0.3 is 10.2 Å². The van der Waals surface area contributed by atoms with Crippen molar-refractivity contribution < 1.29 is 4.79 Å². The number of benzene rings is 2. The molecule has 0 spiro atoms. The first-order valence-corrected chi connectivity index (χ1v) is 9.53. The number of nitrogens with one attached hydrogen (secondary N) is 1. The van der Waals surface area contributed by atoms with E-state index in [0.29, 0.717) is 6.54 Å². The second kappa shape index (κ2) is 9.06. The van der Waals surface area contributed by atoms with E-state index in [-0.39, 0.29) is 6.03 Å². The molecular formula is C21H26ClN3O. The van der Waals surface area contributed by atoms with Gasteiger partial charge in [-0.15, -0.1) is 0 Å². The van der Waals surface area contributed by atoms with Crippen LogP contribution in [-0.2, 0) is 13.0 Å². The van der Waals surface area contributed by atoms with Crippen LogP contribution in [0.3, 0.4) is 0 Å². The quantitative estimate of drug-likeness (QED) is 0.869. The number of carbonyl (C=O) groups excluding carboxylic acids is 1. The molecule has 3 rings (SSSR count). The predicted octanol–water partition coefficient (Wildman–Crippen LogP) is 3.72. The lowest BCUT2D eigenvalue weighted by Crippen LogP contribution is -2.51. The summed E-state index contributed by atoms with van der Waals surface area (Å²) in [6, 6.07) is 16.4. The fourth-order valence-corrected chi connectivity index (χ4v) is 3.51. The highest BCUT2D eigenvalue weighted by atomic mass is 35.5. The molecule has 1 saturated heterocycles. The highest BCUT2D eigenvalue weighted by Crippen LogP contribution is 2.12. The van der Waals surface area contributed by atoms with E-state index < -0.39 is 0 Å². The van der Waals surface area contributed by atoms with Gasteiger partial charge in [0.05, 0.1) is 0 Å². The van der Waals surface area contributed by atoms with Crippen molar-refractivity contribution >= 4 is 17.6 Å². The third kappa shape index (κ3) is 5.48. The number of aryl methyl sites for hydroxylation is 1. The van der Waals surface area contributed by atoms with Gasteiger partial charge in [0.25, 0.3) is 0 Å². The lowest BCUT2D eigenvalue weighted by Gasteiger charge is -2.34. The molecule has 0 atom stereocenters. The fourth-order valence-electron chi connectivity index (χ4n) is 3.30. The van der Waals surface area contributed by atoms with E-state index in [4.69, 9.17) is 11.6 Å². The van der Waals surface area contributed by atoms with E-state index in [1.807, 2.05) is 29.2 Å². The SMILES string of the molecule is Cc1cccc(CN2CCN(C(=O)NCCc3cccc(Cl)c3)CC2)c1. The van der Waals surface area contributed by atoms with E-state index in [1.54, 1.807) is 0 Å². The van der Waals surface area contributed by atoms with Crippen molar-refractivity contribution in [2.24, 2.45) is 0 Å². The molecular weight excluding hydrogens is 346 g/mol. The van der Waals surface area contributed by atoms with Gasteiger partial charge in [0.15, 0.2) is 0 Å². The number of urea groups is 1. The van der Waals surface area contributed by atoms with Gasteiger partial charge in [-0.25, -0.2) is 4.79 Å². The average molecular weight is 372 g/mol. The number of carbonyl (C=O) groups is 1. The molecule has 26 heavy (non-hydrogen) atoms.